The van der Waals surface area contributed by atoms with Gasteiger partial charge in [0.05, 0.1) is 0 Å². The molecular weight excluding hydrogens is 973 g/mol. The number of hydrogen-bond acceptors (Lipinski definition) is 6. The quantitative estimate of drug-likeness (QED) is 0.0261. The molecule has 6 nitrogen and oxygen atoms in total. The molecule has 0 radical (unpaired) electrons. The summed E-state index contributed by atoms with van der Waals surface area (Å²) in [7, 11) is 0. The fourth-order valence-corrected chi connectivity index (χ4v) is 9.50. The molecule has 0 saturated carbocycles. The van der Waals surface area contributed by atoms with Gasteiger partial charge in [0.15, 0.2) is 6.10 Å². The highest BCUT2D eigenvalue weighted by Gasteiger charge is 2.19. The third-order valence-electron chi connectivity index (χ3n) is 14.5. The maximum Gasteiger partial charge on any atom is 0.306 e. The molecule has 0 heterocycles. The molecule has 6 heteroatoms. The summed E-state index contributed by atoms with van der Waals surface area (Å²) in [6.07, 6.45) is 90.0. The van der Waals surface area contributed by atoms with Gasteiger partial charge in [-0.15, -0.1) is 0 Å². The first-order valence-electron chi connectivity index (χ1n) is 33.7. The van der Waals surface area contributed by atoms with Crippen LogP contribution < -0.4 is 0 Å². The van der Waals surface area contributed by atoms with Crippen LogP contribution in [0.4, 0.5) is 0 Å². The topological polar surface area (TPSA) is 78.9 Å². The van der Waals surface area contributed by atoms with Gasteiger partial charge in [-0.3, -0.25) is 14.4 Å². The fraction of sp³-hybridized carbons (Fsp3) is 0.740. The van der Waals surface area contributed by atoms with Crippen LogP contribution in [0, 0.1) is 0 Å². The van der Waals surface area contributed by atoms with Gasteiger partial charge >= 0.3 is 17.9 Å². The average Bonchev–Trinajstić information content (AvgIpc) is 3.45. The van der Waals surface area contributed by atoms with Gasteiger partial charge in [0, 0.05) is 19.3 Å². The van der Waals surface area contributed by atoms with Crippen molar-refractivity contribution in [3.05, 3.63) is 97.2 Å². The lowest BCUT2D eigenvalue weighted by atomic mass is 10.0. The largest absolute Gasteiger partial charge is 0.462 e. The molecule has 0 aromatic rings. The van der Waals surface area contributed by atoms with Crippen molar-refractivity contribution < 1.29 is 28.6 Å². The van der Waals surface area contributed by atoms with E-state index in [0.717, 1.165) is 116 Å². The minimum absolute atomic E-state index is 0.0809. The van der Waals surface area contributed by atoms with Crippen molar-refractivity contribution in [3.8, 4) is 0 Å². The van der Waals surface area contributed by atoms with E-state index in [1.165, 1.54) is 173 Å². The second-order valence-corrected chi connectivity index (χ2v) is 22.3. The molecule has 0 fully saturated rings. The molecular formula is C73H126O6. The Kier molecular flexibility index (Phi) is 63.7. The SMILES string of the molecule is CC/C=C\C/C=C\C/C=C\C/C=C\C/C=C\C/C=C\CCCCCCCCCCCCCCCCC(=O)OCC(COC(=O)CCCCCCC/C=C\CCCCCC)OC(=O)CCCCCCC/C=C\CCCCCCCC. The van der Waals surface area contributed by atoms with E-state index in [0.29, 0.717) is 19.3 Å². The van der Waals surface area contributed by atoms with Gasteiger partial charge in [-0.1, -0.05) is 285 Å². The molecule has 0 bridgehead atoms. The summed E-state index contributed by atoms with van der Waals surface area (Å²) >= 11 is 0. The van der Waals surface area contributed by atoms with Gasteiger partial charge < -0.3 is 14.2 Å². The van der Waals surface area contributed by atoms with E-state index in [1.807, 2.05) is 0 Å². The maximum absolute atomic E-state index is 12.9. The Labute approximate surface area is 489 Å². The second-order valence-electron chi connectivity index (χ2n) is 22.3. The molecule has 0 N–H and O–H groups in total. The summed E-state index contributed by atoms with van der Waals surface area (Å²) < 4.78 is 16.9. The maximum atomic E-state index is 12.9. The standard InChI is InChI=1S/C73H126O6/c1-4-7-10-13-16-19-22-25-27-28-29-30-31-32-33-34-35-36-37-38-39-40-41-42-43-44-46-48-51-54-57-60-63-66-72(75)78-69-70(68-77-71(74)65-62-59-56-53-50-47-24-21-18-15-12-9-6-3)79-73(76)67-64-61-58-55-52-49-45-26-23-20-17-14-11-8-5-2/h7,10,16,19,21,24-27,29-30,32-33,35-36,45,70H,4-6,8-9,11-15,17-18,20,22-23,28,31,34,37-44,46-69H2,1-3H3/b10-7-,19-16-,24-21-,27-25-,30-29-,33-32-,36-35-,45-26-. The van der Waals surface area contributed by atoms with E-state index in [9.17, 15) is 14.4 Å². The Hall–Kier alpha value is -3.67. The van der Waals surface area contributed by atoms with E-state index in [4.69, 9.17) is 14.2 Å². The summed E-state index contributed by atoms with van der Waals surface area (Å²) in [5.74, 6) is -0.887. The molecule has 0 aromatic carbocycles. The molecule has 454 valence electrons. The lowest BCUT2D eigenvalue weighted by molar-refractivity contribution is -0.167. The number of carbonyl (C=O) groups excluding carboxylic acids is 3. The zero-order valence-corrected chi connectivity index (χ0v) is 52.1. The van der Waals surface area contributed by atoms with E-state index in [2.05, 4.69) is 118 Å². The molecule has 0 saturated heterocycles. The normalized spacial score (nSPS) is 12.7. The zero-order chi connectivity index (χ0) is 57.1. The fourth-order valence-electron chi connectivity index (χ4n) is 9.50. The first kappa shape index (κ1) is 75.3. The summed E-state index contributed by atoms with van der Waals surface area (Å²) in [5, 5.41) is 0. The minimum Gasteiger partial charge on any atom is -0.462 e. The number of rotatable bonds is 61. The van der Waals surface area contributed by atoms with Crippen molar-refractivity contribution >= 4 is 17.9 Å². The molecule has 0 aliphatic heterocycles. The molecule has 1 atom stereocenters. The predicted octanol–water partition coefficient (Wildman–Crippen LogP) is 23.2. The van der Waals surface area contributed by atoms with Gasteiger partial charge in [-0.05, 0) is 122 Å². The van der Waals surface area contributed by atoms with E-state index < -0.39 is 6.10 Å². The predicted molar refractivity (Wildman–Crippen MR) is 344 cm³/mol. The van der Waals surface area contributed by atoms with Gasteiger partial charge in [0.1, 0.15) is 13.2 Å². The van der Waals surface area contributed by atoms with Crippen molar-refractivity contribution in [2.45, 2.75) is 335 Å². The molecule has 0 aliphatic carbocycles. The second kappa shape index (κ2) is 66.8. The molecule has 0 amide bonds. The summed E-state index contributed by atoms with van der Waals surface area (Å²) in [6.45, 7) is 6.52. The number of esters is 3. The molecule has 0 spiro atoms. The zero-order valence-electron chi connectivity index (χ0n) is 52.1. The van der Waals surface area contributed by atoms with Crippen molar-refractivity contribution in [2.75, 3.05) is 13.2 Å². The number of allylic oxidation sites excluding steroid dienone is 16. The highest BCUT2D eigenvalue weighted by molar-refractivity contribution is 5.71. The summed E-state index contributed by atoms with van der Waals surface area (Å²) in [6, 6.07) is 0. The number of carbonyl (C=O) groups is 3. The van der Waals surface area contributed by atoms with Crippen molar-refractivity contribution in [3.63, 3.8) is 0 Å². The highest BCUT2D eigenvalue weighted by atomic mass is 16.6. The Morgan fingerprint density at radius 3 is 0.797 bits per heavy atom. The van der Waals surface area contributed by atoms with Gasteiger partial charge in [-0.2, -0.15) is 0 Å². The third kappa shape index (κ3) is 65.0. The number of hydrogen-bond donors (Lipinski definition) is 0. The molecule has 79 heavy (non-hydrogen) atoms. The number of ether oxygens (including phenoxy) is 3. The minimum atomic E-state index is -0.784. The Balaban J connectivity index is 4.18. The molecule has 1 unspecified atom stereocenters. The van der Waals surface area contributed by atoms with Gasteiger partial charge in [0.25, 0.3) is 0 Å². The Bertz CT molecular complexity index is 1540. The monoisotopic (exact) mass is 1100 g/mol. The van der Waals surface area contributed by atoms with Crippen LogP contribution in [0.3, 0.4) is 0 Å². The van der Waals surface area contributed by atoms with Crippen molar-refractivity contribution in [2.24, 2.45) is 0 Å². The number of unbranched alkanes of at least 4 members (excludes halogenated alkanes) is 34. The Morgan fingerprint density at radius 1 is 0.266 bits per heavy atom. The molecule has 0 rings (SSSR count). The van der Waals surface area contributed by atoms with Crippen LogP contribution in [0.1, 0.15) is 329 Å². The summed E-state index contributed by atoms with van der Waals surface area (Å²) in [4.78, 5) is 38.3. The van der Waals surface area contributed by atoms with Gasteiger partial charge in [-0.25, -0.2) is 0 Å². The average molecular weight is 1100 g/mol. The Morgan fingerprint density at radius 2 is 0.494 bits per heavy atom. The summed E-state index contributed by atoms with van der Waals surface area (Å²) in [5.41, 5.74) is 0. The van der Waals surface area contributed by atoms with Crippen LogP contribution in [0.2, 0.25) is 0 Å². The van der Waals surface area contributed by atoms with Crippen LogP contribution in [0.25, 0.3) is 0 Å². The third-order valence-corrected chi connectivity index (χ3v) is 14.5. The van der Waals surface area contributed by atoms with Crippen LogP contribution in [-0.2, 0) is 28.6 Å². The smallest absolute Gasteiger partial charge is 0.306 e. The van der Waals surface area contributed by atoms with Crippen LogP contribution in [0.15, 0.2) is 97.2 Å². The lowest BCUT2D eigenvalue weighted by Gasteiger charge is -2.18. The van der Waals surface area contributed by atoms with Crippen LogP contribution >= 0.6 is 0 Å². The van der Waals surface area contributed by atoms with Crippen LogP contribution in [-0.4, -0.2) is 37.2 Å². The van der Waals surface area contributed by atoms with Crippen molar-refractivity contribution in [1.82, 2.24) is 0 Å². The first-order valence-corrected chi connectivity index (χ1v) is 33.7. The van der Waals surface area contributed by atoms with E-state index >= 15 is 0 Å². The highest BCUT2D eigenvalue weighted by Crippen LogP contribution is 2.16. The van der Waals surface area contributed by atoms with Crippen LogP contribution in [0.5, 0.6) is 0 Å². The van der Waals surface area contributed by atoms with E-state index in [1.54, 1.807) is 0 Å². The first-order chi connectivity index (χ1) is 39.0. The molecule has 0 aromatic heterocycles. The molecule has 0 aliphatic rings. The van der Waals surface area contributed by atoms with Gasteiger partial charge in [0.2, 0.25) is 0 Å². The lowest BCUT2D eigenvalue weighted by Crippen LogP contribution is -2.30. The van der Waals surface area contributed by atoms with E-state index in [-0.39, 0.29) is 31.1 Å². The van der Waals surface area contributed by atoms with Crippen molar-refractivity contribution in [1.29, 1.82) is 0 Å².